The summed E-state index contributed by atoms with van der Waals surface area (Å²) in [5.74, 6) is 1.73. The second-order valence-corrected chi connectivity index (χ2v) is 5.65. The zero-order valence-electron chi connectivity index (χ0n) is 12.0. The van der Waals surface area contributed by atoms with E-state index in [0.29, 0.717) is 6.04 Å². The number of hydrogen-bond acceptors (Lipinski definition) is 2. The lowest BCUT2D eigenvalue weighted by Gasteiger charge is -2.22. The van der Waals surface area contributed by atoms with E-state index in [2.05, 4.69) is 48.4 Å². The Balaban J connectivity index is 2.03. The van der Waals surface area contributed by atoms with E-state index in [-0.39, 0.29) is 0 Å². The average molecular weight is 249 g/mol. The summed E-state index contributed by atoms with van der Waals surface area (Å²) in [5.41, 5.74) is 1.37. The minimum Gasteiger partial charge on any atom is -0.313 e. The fraction of sp³-hybridized carbons (Fsp3) is 0.800. The van der Waals surface area contributed by atoms with E-state index in [1.165, 1.54) is 31.2 Å². The number of aromatic nitrogens is 2. The first-order valence-corrected chi connectivity index (χ1v) is 7.48. The maximum Gasteiger partial charge on any atom is 0.0537 e. The summed E-state index contributed by atoms with van der Waals surface area (Å²) in [7, 11) is 2.08. The molecule has 1 aromatic rings. The minimum atomic E-state index is 0.493. The van der Waals surface area contributed by atoms with Gasteiger partial charge in [0.25, 0.3) is 0 Å². The molecule has 3 atom stereocenters. The van der Waals surface area contributed by atoms with Crippen molar-refractivity contribution >= 4 is 0 Å². The predicted molar refractivity (Wildman–Crippen MR) is 75.4 cm³/mol. The second-order valence-electron chi connectivity index (χ2n) is 5.65. The highest BCUT2D eigenvalue weighted by atomic mass is 15.3. The Hall–Kier alpha value is -0.830. The quantitative estimate of drug-likeness (QED) is 0.837. The monoisotopic (exact) mass is 249 g/mol. The Labute approximate surface area is 111 Å². The van der Waals surface area contributed by atoms with E-state index in [1.54, 1.807) is 0 Å². The molecule has 1 fully saturated rings. The molecule has 3 nitrogen and oxygen atoms in total. The fourth-order valence-electron chi connectivity index (χ4n) is 3.35. The topological polar surface area (TPSA) is 29.9 Å². The minimum absolute atomic E-state index is 0.493. The number of nitrogens with one attached hydrogen (secondary N) is 1. The van der Waals surface area contributed by atoms with Gasteiger partial charge in [-0.2, -0.15) is 5.10 Å². The molecule has 0 saturated heterocycles. The van der Waals surface area contributed by atoms with E-state index in [4.69, 9.17) is 0 Å². The maximum absolute atomic E-state index is 4.46. The molecular weight excluding hydrogens is 222 g/mol. The van der Waals surface area contributed by atoms with Gasteiger partial charge in [0, 0.05) is 24.3 Å². The van der Waals surface area contributed by atoms with Gasteiger partial charge >= 0.3 is 0 Å². The molecule has 1 aliphatic rings. The van der Waals surface area contributed by atoms with Crippen LogP contribution in [-0.4, -0.2) is 16.8 Å². The van der Waals surface area contributed by atoms with Crippen LogP contribution >= 0.6 is 0 Å². The van der Waals surface area contributed by atoms with Gasteiger partial charge < -0.3 is 5.32 Å². The van der Waals surface area contributed by atoms with Gasteiger partial charge in [-0.05, 0) is 38.1 Å². The molecule has 0 radical (unpaired) electrons. The highest BCUT2D eigenvalue weighted by molar-refractivity contribution is 5.12. The number of rotatable bonds is 6. The van der Waals surface area contributed by atoms with Crippen molar-refractivity contribution in [2.45, 2.75) is 58.5 Å². The lowest BCUT2D eigenvalue weighted by Crippen LogP contribution is -2.23. The molecule has 0 bridgehead atoms. The first-order chi connectivity index (χ1) is 8.78. The smallest absolute Gasteiger partial charge is 0.0537 e. The fourth-order valence-corrected chi connectivity index (χ4v) is 3.35. The van der Waals surface area contributed by atoms with E-state index in [0.717, 1.165) is 24.8 Å². The van der Waals surface area contributed by atoms with Crippen molar-refractivity contribution in [3.63, 3.8) is 0 Å². The van der Waals surface area contributed by atoms with Crippen molar-refractivity contribution in [1.29, 1.82) is 0 Å². The van der Waals surface area contributed by atoms with Gasteiger partial charge in [-0.3, -0.25) is 4.68 Å². The van der Waals surface area contributed by atoms with Crippen LogP contribution in [0.25, 0.3) is 0 Å². The van der Waals surface area contributed by atoms with Crippen molar-refractivity contribution < 1.29 is 0 Å². The zero-order valence-corrected chi connectivity index (χ0v) is 12.0. The molecule has 0 aliphatic heterocycles. The van der Waals surface area contributed by atoms with Crippen LogP contribution in [0.4, 0.5) is 0 Å². The molecule has 1 aromatic heterocycles. The molecule has 3 unspecified atom stereocenters. The lowest BCUT2D eigenvalue weighted by atomic mass is 9.92. The van der Waals surface area contributed by atoms with Crippen LogP contribution in [0.5, 0.6) is 0 Å². The lowest BCUT2D eigenvalue weighted by molar-refractivity contribution is 0.372. The molecule has 1 saturated carbocycles. The second kappa shape index (κ2) is 6.37. The van der Waals surface area contributed by atoms with Gasteiger partial charge in [0.2, 0.25) is 0 Å². The van der Waals surface area contributed by atoms with Crippen molar-refractivity contribution in [2.24, 2.45) is 11.8 Å². The summed E-state index contributed by atoms with van der Waals surface area (Å²) >= 11 is 0. The van der Waals surface area contributed by atoms with Gasteiger partial charge in [0.05, 0.1) is 6.20 Å². The molecule has 1 heterocycles. The van der Waals surface area contributed by atoms with Crippen LogP contribution in [0, 0.1) is 11.8 Å². The third-order valence-corrected chi connectivity index (χ3v) is 4.41. The Kier molecular flexibility index (Phi) is 4.81. The van der Waals surface area contributed by atoms with E-state index < -0.39 is 0 Å². The van der Waals surface area contributed by atoms with Gasteiger partial charge in [0.15, 0.2) is 0 Å². The molecule has 3 heteroatoms. The Bertz CT molecular complexity index is 358. The predicted octanol–water partition coefficient (Wildman–Crippen LogP) is 3.38. The summed E-state index contributed by atoms with van der Waals surface area (Å²) in [6, 6.07) is 0.493. The Morgan fingerprint density at radius 2 is 2.28 bits per heavy atom. The number of aryl methyl sites for hydroxylation is 1. The summed E-state index contributed by atoms with van der Waals surface area (Å²) in [6.45, 7) is 5.54. The molecule has 1 aliphatic carbocycles. The van der Waals surface area contributed by atoms with E-state index in [1.807, 2.05) is 0 Å². The SMILES string of the molecule is CCCn1cc(C(NC)C2CCC(CC)C2)cn1. The van der Waals surface area contributed by atoms with Gasteiger partial charge in [-0.15, -0.1) is 0 Å². The third-order valence-electron chi connectivity index (χ3n) is 4.41. The highest BCUT2D eigenvalue weighted by Crippen LogP contribution is 2.40. The third kappa shape index (κ3) is 2.94. The van der Waals surface area contributed by atoms with Gasteiger partial charge in [0.1, 0.15) is 0 Å². The normalized spacial score (nSPS) is 25.5. The Morgan fingerprint density at radius 1 is 1.44 bits per heavy atom. The van der Waals surface area contributed by atoms with E-state index >= 15 is 0 Å². The standard InChI is InChI=1S/C15H27N3/c1-4-8-18-11-14(10-17-18)15(16-3)13-7-6-12(5-2)9-13/h10-13,15-16H,4-9H2,1-3H3. The van der Waals surface area contributed by atoms with Gasteiger partial charge in [-0.1, -0.05) is 26.7 Å². The van der Waals surface area contributed by atoms with Crippen LogP contribution in [0.1, 0.15) is 57.6 Å². The highest BCUT2D eigenvalue weighted by Gasteiger charge is 2.30. The largest absolute Gasteiger partial charge is 0.313 e. The molecule has 102 valence electrons. The first-order valence-electron chi connectivity index (χ1n) is 7.48. The molecule has 2 rings (SSSR count). The number of nitrogens with zero attached hydrogens (tertiary/aromatic N) is 2. The summed E-state index contributed by atoms with van der Waals surface area (Å²) in [5, 5.41) is 7.97. The molecule has 0 amide bonds. The van der Waals surface area contributed by atoms with E-state index in [9.17, 15) is 0 Å². The van der Waals surface area contributed by atoms with Crippen molar-refractivity contribution in [3.8, 4) is 0 Å². The van der Waals surface area contributed by atoms with Crippen LogP contribution in [0.3, 0.4) is 0 Å². The molecule has 0 aromatic carbocycles. The Morgan fingerprint density at radius 3 is 2.89 bits per heavy atom. The summed E-state index contributed by atoms with van der Waals surface area (Å²) in [6.07, 6.45) is 10.9. The summed E-state index contributed by atoms with van der Waals surface area (Å²) in [4.78, 5) is 0. The van der Waals surface area contributed by atoms with Crippen LogP contribution in [0.15, 0.2) is 12.4 Å². The van der Waals surface area contributed by atoms with Crippen molar-refractivity contribution in [3.05, 3.63) is 18.0 Å². The zero-order chi connectivity index (χ0) is 13.0. The van der Waals surface area contributed by atoms with Crippen LogP contribution in [0.2, 0.25) is 0 Å². The van der Waals surface area contributed by atoms with Crippen molar-refractivity contribution in [2.75, 3.05) is 7.05 Å². The maximum atomic E-state index is 4.46. The molecule has 18 heavy (non-hydrogen) atoms. The molecular formula is C15H27N3. The van der Waals surface area contributed by atoms with Crippen LogP contribution < -0.4 is 5.32 Å². The average Bonchev–Trinajstić information content (AvgIpc) is 3.01. The summed E-state index contributed by atoms with van der Waals surface area (Å²) < 4.78 is 2.08. The number of hydrogen-bond donors (Lipinski definition) is 1. The van der Waals surface area contributed by atoms with Crippen LogP contribution in [-0.2, 0) is 6.54 Å². The molecule has 1 N–H and O–H groups in total. The molecule has 0 spiro atoms. The van der Waals surface area contributed by atoms with Gasteiger partial charge in [-0.25, -0.2) is 0 Å². The first kappa shape index (κ1) is 13.6. The van der Waals surface area contributed by atoms with Crippen molar-refractivity contribution in [1.82, 2.24) is 15.1 Å².